The van der Waals surface area contributed by atoms with E-state index in [4.69, 9.17) is 0 Å². The van der Waals surface area contributed by atoms with Crippen LogP contribution >= 0.6 is 0 Å². The number of tetrazole rings is 1. The number of aromatic nitrogens is 7. The standard InChI is InChI=1S/C11H19N7/c1-4-7-17-11(13-15-16-17)8-18-10(6-3)12-9(5-2)14-18/h4-8H2,1-3H3. The third-order valence-corrected chi connectivity index (χ3v) is 2.76. The van der Waals surface area contributed by atoms with Crippen molar-refractivity contribution in [2.75, 3.05) is 0 Å². The molecule has 7 heteroatoms. The second kappa shape index (κ2) is 5.70. The summed E-state index contributed by atoms with van der Waals surface area (Å²) in [5.41, 5.74) is 0. The normalized spacial score (nSPS) is 11.1. The maximum absolute atomic E-state index is 4.48. The van der Waals surface area contributed by atoms with E-state index in [-0.39, 0.29) is 0 Å². The Morgan fingerprint density at radius 3 is 2.50 bits per heavy atom. The molecule has 0 unspecified atom stereocenters. The van der Waals surface area contributed by atoms with E-state index in [0.29, 0.717) is 6.54 Å². The predicted octanol–water partition coefficient (Wildman–Crippen LogP) is 0.848. The number of hydrogen-bond acceptors (Lipinski definition) is 5. The SMILES string of the molecule is CCCn1nnnc1Cn1nc(CC)nc1CC. The molecule has 0 aliphatic heterocycles. The molecule has 2 heterocycles. The van der Waals surface area contributed by atoms with Crippen LogP contribution in [0.2, 0.25) is 0 Å². The summed E-state index contributed by atoms with van der Waals surface area (Å²) >= 11 is 0. The first-order chi connectivity index (χ1) is 8.78. The Bertz CT molecular complexity index is 499. The molecule has 0 bridgehead atoms. The van der Waals surface area contributed by atoms with E-state index >= 15 is 0 Å². The highest BCUT2D eigenvalue weighted by atomic mass is 15.5. The monoisotopic (exact) mass is 249 g/mol. The third kappa shape index (κ3) is 2.55. The van der Waals surface area contributed by atoms with E-state index in [1.807, 2.05) is 9.36 Å². The molecule has 0 atom stereocenters. The molecule has 0 aromatic carbocycles. The average molecular weight is 249 g/mol. The van der Waals surface area contributed by atoms with Gasteiger partial charge >= 0.3 is 0 Å². The van der Waals surface area contributed by atoms with Gasteiger partial charge in [0.25, 0.3) is 0 Å². The van der Waals surface area contributed by atoms with Crippen LogP contribution in [0.25, 0.3) is 0 Å². The highest BCUT2D eigenvalue weighted by Gasteiger charge is 2.11. The molecule has 0 saturated carbocycles. The molecule has 98 valence electrons. The summed E-state index contributed by atoms with van der Waals surface area (Å²) < 4.78 is 3.73. The van der Waals surface area contributed by atoms with Crippen LogP contribution in [0, 0.1) is 0 Å². The lowest BCUT2D eigenvalue weighted by molar-refractivity contribution is 0.523. The summed E-state index contributed by atoms with van der Waals surface area (Å²) in [6.07, 6.45) is 2.72. The molecule has 7 nitrogen and oxygen atoms in total. The van der Waals surface area contributed by atoms with Gasteiger partial charge in [-0.1, -0.05) is 20.8 Å². The second-order valence-corrected chi connectivity index (χ2v) is 4.13. The van der Waals surface area contributed by atoms with Crippen LogP contribution in [0.5, 0.6) is 0 Å². The van der Waals surface area contributed by atoms with Crippen molar-refractivity contribution in [2.45, 2.75) is 53.1 Å². The summed E-state index contributed by atoms with van der Waals surface area (Å²) in [4.78, 5) is 4.48. The lowest BCUT2D eigenvalue weighted by Crippen LogP contribution is -2.13. The quantitative estimate of drug-likeness (QED) is 0.758. The van der Waals surface area contributed by atoms with E-state index in [1.165, 1.54) is 0 Å². The first-order valence-corrected chi connectivity index (χ1v) is 6.46. The average Bonchev–Trinajstić information content (AvgIpc) is 2.97. The van der Waals surface area contributed by atoms with Crippen LogP contribution in [0.15, 0.2) is 0 Å². The molecule has 2 rings (SSSR count). The Hall–Kier alpha value is -1.79. The summed E-state index contributed by atoms with van der Waals surface area (Å²) in [5.74, 6) is 2.69. The number of nitrogens with zero attached hydrogens (tertiary/aromatic N) is 7. The summed E-state index contributed by atoms with van der Waals surface area (Å²) in [6, 6.07) is 0. The molecule has 0 fully saturated rings. The third-order valence-electron chi connectivity index (χ3n) is 2.76. The zero-order valence-corrected chi connectivity index (χ0v) is 11.2. The minimum absolute atomic E-state index is 0.586. The van der Waals surface area contributed by atoms with Crippen molar-refractivity contribution >= 4 is 0 Å². The highest BCUT2D eigenvalue weighted by Crippen LogP contribution is 2.04. The van der Waals surface area contributed by atoms with Gasteiger partial charge in [-0.05, 0) is 16.8 Å². The van der Waals surface area contributed by atoms with E-state index in [0.717, 1.165) is 43.3 Å². The van der Waals surface area contributed by atoms with Crippen molar-refractivity contribution in [1.29, 1.82) is 0 Å². The maximum Gasteiger partial charge on any atom is 0.172 e. The lowest BCUT2D eigenvalue weighted by Gasteiger charge is -2.04. The second-order valence-electron chi connectivity index (χ2n) is 4.13. The molecule has 0 radical (unpaired) electrons. The van der Waals surface area contributed by atoms with Gasteiger partial charge in [0.1, 0.15) is 12.4 Å². The largest absolute Gasteiger partial charge is 0.242 e. The van der Waals surface area contributed by atoms with Crippen LogP contribution in [-0.2, 0) is 25.9 Å². The molecule has 0 saturated heterocycles. The van der Waals surface area contributed by atoms with Crippen LogP contribution in [0.4, 0.5) is 0 Å². The fourth-order valence-corrected chi connectivity index (χ4v) is 1.82. The maximum atomic E-state index is 4.48. The Morgan fingerprint density at radius 1 is 1.00 bits per heavy atom. The van der Waals surface area contributed by atoms with Crippen LogP contribution in [-0.4, -0.2) is 35.0 Å². The molecule has 18 heavy (non-hydrogen) atoms. The Kier molecular flexibility index (Phi) is 4.01. The first-order valence-electron chi connectivity index (χ1n) is 6.46. The first kappa shape index (κ1) is 12.7. The topological polar surface area (TPSA) is 74.3 Å². The Labute approximate surface area is 106 Å². The van der Waals surface area contributed by atoms with Gasteiger partial charge in [0, 0.05) is 19.4 Å². The number of aryl methyl sites for hydroxylation is 3. The van der Waals surface area contributed by atoms with Gasteiger partial charge in [0.2, 0.25) is 0 Å². The molecule has 0 N–H and O–H groups in total. The van der Waals surface area contributed by atoms with Gasteiger partial charge in [-0.2, -0.15) is 5.10 Å². The smallest absolute Gasteiger partial charge is 0.172 e. The van der Waals surface area contributed by atoms with Crippen molar-refractivity contribution in [2.24, 2.45) is 0 Å². The molecule has 0 amide bonds. The molecule has 2 aromatic heterocycles. The van der Waals surface area contributed by atoms with E-state index < -0.39 is 0 Å². The summed E-state index contributed by atoms with van der Waals surface area (Å²) in [5, 5.41) is 16.2. The van der Waals surface area contributed by atoms with Gasteiger partial charge in [-0.15, -0.1) is 5.10 Å². The lowest BCUT2D eigenvalue weighted by atomic mass is 10.4. The zero-order valence-electron chi connectivity index (χ0n) is 11.2. The van der Waals surface area contributed by atoms with Crippen molar-refractivity contribution in [3.8, 4) is 0 Å². The van der Waals surface area contributed by atoms with Crippen LogP contribution in [0.1, 0.15) is 44.7 Å². The molecule has 2 aromatic rings. The predicted molar refractivity (Wildman–Crippen MR) is 66.0 cm³/mol. The summed E-state index contributed by atoms with van der Waals surface area (Å²) in [7, 11) is 0. The molecular weight excluding hydrogens is 230 g/mol. The number of rotatable bonds is 6. The van der Waals surface area contributed by atoms with Crippen molar-refractivity contribution in [3.63, 3.8) is 0 Å². The van der Waals surface area contributed by atoms with Crippen molar-refractivity contribution in [1.82, 2.24) is 35.0 Å². The number of hydrogen-bond donors (Lipinski definition) is 0. The minimum atomic E-state index is 0.586. The van der Waals surface area contributed by atoms with E-state index in [2.05, 4.69) is 46.4 Å². The van der Waals surface area contributed by atoms with Gasteiger partial charge in [-0.3, -0.25) is 0 Å². The van der Waals surface area contributed by atoms with Gasteiger partial charge in [0.05, 0.1) is 0 Å². The van der Waals surface area contributed by atoms with E-state index in [1.54, 1.807) is 0 Å². The van der Waals surface area contributed by atoms with Gasteiger partial charge < -0.3 is 0 Å². The zero-order chi connectivity index (χ0) is 13.0. The van der Waals surface area contributed by atoms with E-state index in [9.17, 15) is 0 Å². The molecule has 0 aliphatic rings. The van der Waals surface area contributed by atoms with Crippen molar-refractivity contribution in [3.05, 3.63) is 17.5 Å². The minimum Gasteiger partial charge on any atom is -0.242 e. The van der Waals surface area contributed by atoms with Crippen LogP contribution < -0.4 is 0 Å². The fourth-order valence-electron chi connectivity index (χ4n) is 1.82. The van der Waals surface area contributed by atoms with Crippen LogP contribution in [0.3, 0.4) is 0 Å². The molecular formula is C11H19N7. The highest BCUT2D eigenvalue weighted by molar-refractivity contribution is 4.95. The fraction of sp³-hybridized carbons (Fsp3) is 0.727. The van der Waals surface area contributed by atoms with Gasteiger partial charge in [-0.25, -0.2) is 14.3 Å². The molecule has 0 spiro atoms. The Morgan fingerprint density at radius 2 is 1.83 bits per heavy atom. The summed E-state index contributed by atoms with van der Waals surface area (Å²) in [6.45, 7) is 7.66. The van der Waals surface area contributed by atoms with Gasteiger partial charge in [0.15, 0.2) is 11.6 Å². The Balaban J connectivity index is 2.22. The van der Waals surface area contributed by atoms with Crippen molar-refractivity contribution < 1.29 is 0 Å². The molecule has 0 aliphatic carbocycles.